The van der Waals surface area contributed by atoms with Crippen molar-refractivity contribution in [3.8, 4) is 0 Å². The van der Waals surface area contributed by atoms with Gasteiger partial charge in [0.25, 0.3) is 0 Å². The first-order chi connectivity index (χ1) is 9.44. The molecule has 2 aliphatic heterocycles. The number of halogens is 1. The highest BCUT2D eigenvalue weighted by molar-refractivity contribution is 9.10. The molecule has 1 N–H and O–H groups in total. The van der Waals surface area contributed by atoms with Gasteiger partial charge in [-0.1, -0.05) is 33.6 Å². The highest BCUT2D eigenvalue weighted by Gasteiger charge is 2.55. The number of fused-ring (bicyclic) bond motifs is 3. The van der Waals surface area contributed by atoms with Gasteiger partial charge in [-0.3, -0.25) is 4.79 Å². The van der Waals surface area contributed by atoms with Gasteiger partial charge in [0.2, 0.25) is 5.91 Å². The molecule has 0 bridgehead atoms. The monoisotopic (exact) mass is 334 g/mol. The molecular weight excluding hydrogens is 316 g/mol. The summed E-state index contributed by atoms with van der Waals surface area (Å²) in [6, 6.07) is 6.32. The second-order valence-corrected chi connectivity index (χ2v) is 6.98. The van der Waals surface area contributed by atoms with Gasteiger partial charge >= 0.3 is 0 Å². The Morgan fingerprint density at radius 3 is 3.00 bits per heavy atom. The zero-order valence-corrected chi connectivity index (χ0v) is 13.6. The molecule has 0 spiro atoms. The van der Waals surface area contributed by atoms with E-state index in [1.807, 2.05) is 11.9 Å². The van der Waals surface area contributed by atoms with Crippen LogP contribution in [-0.2, 0) is 10.2 Å². The van der Waals surface area contributed by atoms with E-state index in [2.05, 4.69) is 59.4 Å². The molecule has 1 aromatic rings. The summed E-state index contributed by atoms with van der Waals surface area (Å²) in [5.74, 6) is 0.221. The van der Waals surface area contributed by atoms with Gasteiger partial charge in [0, 0.05) is 29.0 Å². The fraction of sp³-hybridized carbons (Fsp3) is 0.438. The van der Waals surface area contributed by atoms with Crippen molar-refractivity contribution in [3.05, 3.63) is 39.9 Å². The van der Waals surface area contributed by atoms with Crippen LogP contribution < -0.4 is 5.32 Å². The maximum Gasteiger partial charge on any atom is 0.225 e. The van der Waals surface area contributed by atoms with Crippen molar-refractivity contribution in [3.63, 3.8) is 0 Å². The predicted molar refractivity (Wildman–Crippen MR) is 84.7 cm³/mol. The van der Waals surface area contributed by atoms with E-state index in [0.717, 1.165) is 16.6 Å². The number of rotatable bonds is 2. The van der Waals surface area contributed by atoms with E-state index in [-0.39, 0.29) is 17.5 Å². The summed E-state index contributed by atoms with van der Waals surface area (Å²) < 4.78 is 1.06. The first-order valence-electron chi connectivity index (χ1n) is 6.90. The number of likely N-dealkylation sites (N-methyl/N-ethyl adjacent to an activating group) is 1. The van der Waals surface area contributed by atoms with E-state index in [4.69, 9.17) is 0 Å². The molecule has 1 saturated heterocycles. The molecule has 0 unspecified atom stereocenters. The van der Waals surface area contributed by atoms with Crippen LogP contribution >= 0.6 is 15.9 Å². The smallest absolute Gasteiger partial charge is 0.225 e. The quantitative estimate of drug-likeness (QED) is 0.837. The summed E-state index contributed by atoms with van der Waals surface area (Å²) in [6.07, 6.45) is 3.80. The average Bonchev–Trinajstić information content (AvgIpc) is 2.81. The van der Waals surface area contributed by atoms with Crippen LogP contribution in [0.3, 0.4) is 0 Å². The van der Waals surface area contributed by atoms with Crippen LogP contribution in [0.2, 0.25) is 0 Å². The molecular formula is C16H19BrN2O. The van der Waals surface area contributed by atoms with Crippen molar-refractivity contribution >= 4 is 27.5 Å². The van der Waals surface area contributed by atoms with E-state index < -0.39 is 0 Å². The number of carbonyl (C=O) groups is 1. The molecule has 1 fully saturated rings. The second kappa shape index (κ2) is 4.62. The Labute approximate surface area is 128 Å². The van der Waals surface area contributed by atoms with Gasteiger partial charge < -0.3 is 10.2 Å². The second-order valence-electron chi connectivity index (χ2n) is 6.06. The number of hydrogen-bond acceptors (Lipinski definition) is 2. The lowest BCUT2D eigenvalue weighted by Crippen LogP contribution is -2.41. The number of nitrogens with one attached hydrogen (secondary N) is 1. The molecule has 2 heterocycles. The molecule has 20 heavy (non-hydrogen) atoms. The van der Waals surface area contributed by atoms with Gasteiger partial charge in [0.15, 0.2) is 0 Å². The van der Waals surface area contributed by atoms with Gasteiger partial charge in [-0.2, -0.15) is 0 Å². The molecule has 3 nitrogen and oxygen atoms in total. The van der Waals surface area contributed by atoms with Gasteiger partial charge in [-0.05, 0) is 38.0 Å². The van der Waals surface area contributed by atoms with Crippen LogP contribution in [0.4, 0.5) is 5.69 Å². The molecule has 0 radical (unpaired) electrons. The minimum atomic E-state index is -0.126. The lowest BCUT2D eigenvalue weighted by atomic mass is 9.76. The average molecular weight is 335 g/mol. The molecule has 3 rings (SSSR count). The Balaban J connectivity index is 2.10. The molecule has 0 aromatic heterocycles. The summed E-state index contributed by atoms with van der Waals surface area (Å²) >= 11 is 3.52. The van der Waals surface area contributed by atoms with E-state index in [1.165, 1.54) is 11.1 Å². The Kier molecular flexibility index (Phi) is 3.16. The molecule has 2 atom stereocenters. The summed E-state index contributed by atoms with van der Waals surface area (Å²) in [7, 11) is 1.89. The molecule has 0 aliphatic carbocycles. The number of amides is 1. The third kappa shape index (κ3) is 1.89. The number of carbonyl (C=O) groups excluding carboxylic acids is 1. The van der Waals surface area contributed by atoms with Crippen molar-refractivity contribution in [2.24, 2.45) is 0 Å². The fourth-order valence-corrected chi connectivity index (χ4v) is 3.74. The summed E-state index contributed by atoms with van der Waals surface area (Å²) in [5.41, 5.74) is 3.58. The predicted octanol–water partition coefficient (Wildman–Crippen LogP) is 3.66. The number of allylic oxidation sites excluding steroid dienone is 2. The third-order valence-corrected chi connectivity index (χ3v) is 4.95. The number of nitrogens with zero attached hydrogens (tertiary/aromatic N) is 1. The molecule has 1 amide bonds. The van der Waals surface area contributed by atoms with Crippen molar-refractivity contribution in [1.29, 1.82) is 0 Å². The van der Waals surface area contributed by atoms with Gasteiger partial charge in [0.1, 0.15) is 6.17 Å². The van der Waals surface area contributed by atoms with E-state index in [9.17, 15) is 4.79 Å². The Bertz CT molecular complexity index is 606. The number of hydrogen-bond donors (Lipinski definition) is 1. The van der Waals surface area contributed by atoms with Crippen LogP contribution in [0.1, 0.15) is 32.3 Å². The van der Waals surface area contributed by atoms with E-state index in [1.54, 1.807) is 0 Å². The molecule has 1 aromatic carbocycles. The van der Waals surface area contributed by atoms with Gasteiger partial charge in [-0.25, -0.2) is 0 Å². The zero-order valence-electron chi connectivity index (χ0n) is 12.0. The Morgan fingerprint density at radius 2 is 2.30 bits per heavy atom. The SMILES string of the molecule is CC(C)=CC[C@@]12CC(=O)N(C)[C@@H]1Nc1cc(Br)ccc12. The maximum absolute atomic E-state index is 12.2. The standard InChI is InChI=1S/C16H19BrN2O/c1-10(2)6-7-16-9-14(20)19(3)15(16)18-13-8-11(17)4-5-12(13)16/h4-6,8,15,18H,7,9H2,1-3H3/t15-,16-/m0/s1. The number of benzene rings is 1. The summed E-state index contributed by atoms with van der Waals surface area (Å²) in [5, 5.41) is 3.53. The van der Waals surface area contributed by atoms with Crippen molar-refractivity contribution < 1.29 is 4.79 Å². The van der Waals surface area contributed by atoms with Crippen molar-refractivity contribution in [2.45, 2.75) is 38.3 Å². The Hall–Kier alpha value is -1.29. The van der Waals surface area contributed by atoms with E-state index >= 15 is 0 Å². The largest absolute Gasteiger partial charge is 0.364 e. The zero-order chi connectivity index (χ0) is 14.5. The van der Waals surface area contributed by atoms with Gasteiger partial charge in [0.05, 0.1) is 0 Å². The first-order valence-corrected chi connectivity index (χ1v) is 7.69. The fourth-order valence-electron chi connectivity index (χ4n) is 3.38. The van der Waals surface area contributed by atoms with E-state index in [0.29, 0.717) is 6.42 Å². The van der Waals surface area contributed by atoms with Crippen LogP contribution in [0.5, 0.6) is 0 Å². The highest BCUT2D eigenvalue weighted by Crippen LogP contribution is 2.51. The summed E-state index contributed by atoms with van der Waals surface area (Å²) in [6.45, 7) is 4.22. The van der Waals surface area contributed by atoms with Crippen molar-refractivity contribution in [2.75, 3.05) is 12.4 Å². The Morgan fingerprint density at radius 1 is 1.55 bits per heavy atom. The van der Waals surface area contributed by atoms with Crippen LogP contribution in [0.15, 0.2) is 34.3 Å². The lowest BCUT2D eigenvalue weighted by Gasteiger charge is -2.29. The van der Waals surface area contributed by atoms with Crippen molar-refractivity contribution in [1.82, 2.24) is 4.90 Å². The molecule has 106 valence electrons. The van der Waals surface area contributed by atoms with Crippen LogP contribution in [0.25, 0.3) is 0 Å². The topological polar surface area (TPSA) is 32.3 Å². The van der Waals surface area contributed by atoms with Crippen LogP contribution in [0, 0.1) is 0 Å². The minimum absolute atomic E-state index is 0.0647. The normalized spacial score (nSPS) is 27.1. The highest BCUT2D eigenvalue weighted by atomic mass is 79.9. The maximum atomic E-state index is 12.2. The summed E-state index contributed by atoms with van der Waals surface area (Å²) in [4.78, 5) is 14.0. The first kappa shape index (κ1) is 13.7. The third-order valence-electron chi connectivity index (χ3n) is 4.46. The number of anilines is 1. The van der Waals surface area contributed by atoms with Gasteiger partial charge in [-0.15, -0.1) is 0 Å². The van der Waals surface area contributed by atoms with Crippen LogP contribution in [-0.4, -0.2) is 24.0 Å². The lowest BCUT2D eigenvalue weighted by molar-refractivity contribution is -0.127. The minimum Gasteiger partial charge on any atom is -0.364 e. The number of likely N-dealkylation sites (tertiary alicyclic amines) is 1. The molecule has 4 heteroatoms. The molecule has 0 saturated carbocycles. The molecule has 2 aliphatic rings.